The van der Waals surface area contributed by atoms with Crippen LogP contribution in [0.1, 0.15) is 52.2 Å². The van der Waals surface area contributed by atoms with Crippen molar-refractivity contribution in [3.63, 3.8) is 0 Å². The molecule has 2 aromatic rings. The first-order chi connectivity index (χ1) is 13.4. The lowest BCUT2D eigenvalue weighted by molar-refractivity contribution is -0.384. The van der Waals surface area contributed by atoms with Crippen LogP contribution in [0.4, 0.5) is 11.4 Å². The normalized spacial score (nSPS) is 11.8. The molecule has 0 bridgehead atoms. The highest BCUT2D eigenvalue weighted by molar-refractivity contribution is 5.93. The zero-order chi connectivity index (χ0) is 21.8. The predicted octanol–water partition coefficient (Wildman–Crippen LogP) is 5.63. The number of non-ortho nitro benzene ring substituents is 1. The van der Waals surface area contributed by atoms with Crippen molar-refractivity contribution in [1.29, 1.82) is 0 Å². The van der Waals surface area contributed by atoms with Crippen LogP contribution in [-0.4, -0.2) is 17.4 Å². The second-order valence-electron chi connectivity index (χ2n) is 9.24. The maximum atomic E-state index is 12.2. The number of nitrogens with one attached hydrogen (secondary N) is 1. The van der Waals surface area contributed by atoms with Crippen molar-refractivity contribution in [2.45, 2.75) is 53.4 Å². The first kappa shape index (κ1) is 22.4. The molecule has 0 fully saturated rings. The van der Waals surface area contributed by atoms with Gasteiger partial charge in [0.15, 0.2) is 6.61 Å². The lowest BCUT2D eigenvalue weighted by atomic mass is 9.72. The number of carbonyl (C=O) groups is 1. The highest BCUT2D eigenvalue weighted by Crippen LogP contribution is 2.36. The molecule has 0 saturated heterocycles. The van der Waals surface area contributed by atoms with Crippen molar-refractivity contribution in [2.75, 3.05) is 11.9 Å². The van der Waals surface area contributed by atoms with Crippen LogP contribution in [0.2, 0.25) is 0 Å². The summed E-state index contributed by atoms with van der Waals surface area (Å²) < 4.78 is 5.58. The summed E-state index contributed by atoms with van der Waals surface area (Å²) in [5.74, 6) is 0.233. The average molecular weight is 399 g/mol. The van der Waals surface area contributed by atoms with Gasteiger partial charge in [-0.3, -0.25) is 14.9 Å². The molecule has 2 rings (SSSR count). The number of anilines is 1. The van der Waals surface area contributed by atoms with Crippen molar-refractivity contribution >= 4 is 17.3 Å². The van der Waals surface area contributed by atoms with Crippen molar-refractivity contribution in [2.24, 2.45) is 5.41 Å². The number of rotatable bonds is 7. The van der Waals surface area contributed by atoms with Crippen LogP contribution in [0.15, 0.2) is 42.5 Å². The summed E-state index contributed by atoms with van der Waals surface area (Å²) in [7, 11) is 0. The van der Waals surface area contributed by atoms with E-state index in [4.69, 9.17) is 4.74 Å². The van der Waals surface area contributed by atoms with Gasteiger partial charge in [0, 0.05) is 12.1 Å². The van der Waals surface area contributed by atoms with Crippen LogP contribution < -0.4 is 10.1 Å². The number of benzene rings is 2. The summed E-state index contributed by atoms with van der Waals surface area (Å²) in [6.07, 6.45) is 1.05. The molecule has 0 heterocycles. The molecule has 0 aliphatic rings. The Labute approximate surface area is 172 Å². The van der Waals surface area contributed by atoms with Crippen molar-refractivity contribution < 1.29 is 14.5 Å². The highest BCUT2D eigenvalue weighted by atomic mass is 16.6. The number of carbonyl (C=O) groups excluding carboxylic acids is 1. The van der Waals surface area contributed by atoms with Gasteiger partial charge in [-0.25, -0.2) is 0 Å². The van der Waals surface area contributed by atoms with Crippen LogP contribution in [0.3, 0.4) is 0 Å². The Bertz CT molecular complexity index is 881. The molecular weight excluding hydrogens is 368 g/mol. The molecule has 1 N–H and O–H groups in total. The van der Waals surface area contributed by atoms with E-state index in [1.165, 1.54) is 17.7 Å². The van der Waals surface area contributed by atoms with Gasteiger partial charge in [-0.15, -0.1) is 0 Å². The minimum absolute atomic E-state index is 0.0354. The van der Waals surface area contributed by atoms with E-state index in [1.807, 2.05) is 24.3 Å². The van der Waals surface area contributed by atoms with Crippen LogP contribution in [0, 0.1) is 22.5 Å². The Balaban J connectivity index is 1.97. The molecule has 0 aliphatic carbocycles. The van der Waals surface area contributed by atoms with Crippen LogP contribution in [-0.2, 0) is 10.2 Å². The molecule has 6 nitrogen and oxygen atoms in total. The van der Waals surface area contributed by atoms with E-state index in [9.17, 15) is 14.9 Å². The quantitative estimate of drug-likeness (QED) is 0.484. The molecular formula is C23H30N2O4. The number of nitrogens with zero attached hydrogens (tertiary/aromatic N) is 1. The number of ether oxygens (including phenoxy) is 1. The number of nitro groups is 1. The van der Waals surface area contributed by atoms with Crippen LogP contribution >= 0.6 is 0 Å². The Kier molecular flexibility index (Phi) is 6.67. The monoisotopic (exact) mass is 398 g/mol. The van der Waals surface area contributed by atoms with Gasteiger partial charge in [0.25, 0.3) is 11.6 Å². The maximum Gasteiger partial charge on any atom is 0.271 e. The number of hydrogen-bond acceptors (Lipinski definition) is 4. The van der Waals surface area contributed by atoms with E-state index in [2.05, 4.69) is 39.9 Å². The van der Waals surface area contributed by atoms with Crippen LogP contribution in [0.5, 0.6) is 5.75 Å². The molecule has 1 amide bonds. The topological polar surface area (TPSA) is 81.5 Å². The zero-order valence-electron chi connectivity index (χ0n) is 18.0. The molecule has 0 unspecified atom stereocenters. The van der Waals surface area contributed by atoms with E-state index in [0.29, 0.717) is 11.4 Å². The van der Waals surface area contributed by atoms with E-state index in [1.54, 1.807) is 13.0 Å². The fourth-order valence-corrected chi connectivity index (χ4v) is 3.62. The Morgan fingerprint density at radius 2 is 1.69 bits per heavy atom. The first-order valence-electron chi connectivity index (χ1n) is 9.66. The largest absolute Gasteiger partial charge is 0.484 e. The molecule has 0 atom stereocenters. The number of aryl methyl sites for hydroxylation is 1. The van der Waals surface area contributed by atoms with E-state index in [0.717, 1.165) is 12.0 Å². The molecule has 0 spiro atoms. The fourth-order valence-electron chi connectivity index (χ4n) is 3.62. The van der Waals surface area contributed by atoms with Crippen molar-refractivity contribution in [3.8, 4) is 5.75 Å². The average Bonchev–Trinajstić information content (AvgIpc) is 2.60. The zero-order valence-corrected chi connectivity index (χ0v) is 18.0. The van der Waals surface area contributed by atoms with Gasteiger partial charge in [-0.1, -0.05) is 52.8 Å². The van der Waals surface area contributed by atoms with E-state index < -0.39 is 4.92 Å². The SMILES string of the molecule is Cc1ccc([N+](=O)[O-])cc1NC(=O)COc1ccc(C(C)(C)CC(C)(C)C)cc1. The minimum atomic E-state index is -0.492. The predicted molar refractivity (Wildman–Crippen MR) is 115 cm³/mol. The number of hydrogen-bond donors (Lipinski definition) is 1. The molecule has 156 valence electrons. The third-order valence-electron chi connectivity index (χ3n) is 4.68. The molecule has 0 radical (unpaired) electrons. The van der Waals surface area contributed by atoms with Gasteiger partial charge < -0.3 is 10.1 Å². The lowest BCUT2D eigenvalue weighted by Gasteiger charge is -2.33. The second-order valence-corrected chi connectivity index (χ2v) is 9.24. The van der Waals surface area contributed by atoms with Crippen LogP contribution in [0.25, 0.3) is 0 Å². The summed E-state index contributed by atoms with van der Waals surface area (Å²) in [5.41, 5.74) is 2.56. The van der Waals surface area contributed by atoms with Crippen molar-refractivity contribution in [1.82, 2.24) is 0 Å². The Morgan fingerprint density at radius 3 is 2.24 bits per heavy atom. The Morgan fingerprint density at radius 1 is 1.07 bits per heavy atom. The summed E-state index contributed by atoms with van der Waals surface area (Å²) in [6, 6.07) is 12.2. The summed E-state index contributed by atoms with van der Waals surface area (Å²) in [6.45, 7) is 12.7. The van der Waals surface area contributed by atoms with Gasteiger partial charge in [-0.2, -0.15) is 0 Å². The lowest BCUT2D eigenvalue weighted by Crippen LogP contribution is -2.24. The third-order valence-corrected chi connectivity index (χ3v) is 4.68. The van der Waals surface area contributed by atoms with Gasteiger partial charge in [-0.05, 0) is 47.4 Å². The van der Waals surface area contributed by atoms with E-state index in [-0.39, 0.29) is 29.0 Å². The molecule has 0 saturated carbocycles. The van der Waals surface area contributed by atoms with Gasteiger partial charge >= 0.3 is 0 Å². The second kappa shape index (κ2) is 8.64. The minimum Gasteiger partial charge on any atom is -0.484 e. The maximum absolute atomic E-state index is 12.2. The molecule has 2 aromatic carbocycles. The fraction of sp³-hybridized carbons (Fsp3) is 0.435. The van der Waals surface area contributed by atoms with Crippen molar-refractivity contribution in [3.05, 3.63) is 63.7 Å². The third kappa shape index (κ3) is 6.59. The first-order valence-corrected chi connectivity index (χ1v) is 9.66. The number of amides is 1. The van der Waals surface area contributed by atoms with Gasteiger partial charge in [0.2, 0.25) is 0 Å². The molecule has 0 aromatic heterocycles. The summed E-state index contributed by atoms with van der Waals surface area (Å²) in [5, 5.41) is 13.6. The summed E-state index contributed by atoms with van der Waals surface area (Å²) in [4.78, 5) is 22.6. The number of nitro benzene ring substituents is 1. The summed E-state index contributed by atoms with van der Waals surface area (Å²) >= 11 is 0. The standard InChI is InChI=1S/C23H30N2O4/c1-16-7-10-18(25(27)28)13-20(16)24-21(26)14-29-19-11-8-17(9-12-19)23(5,6)15-22(2,3)4/h7-13H,14-15H2,1-6H3,(H,24,26). The van der Waals surface area contributed by atoms with E-state index >= 15 is 0 Å². The smallest absolute Gasteiger partial charge is 0.271 e. The molecule has 29 heavy (non-hydrogen) atoms. The molecule has 0 aliphatic heterocycles. The Hall–Kier alpha value is -2.89. The van der Waals surface area contributed by atoms with Gasteiger partial charge in [0.05, 0.1) is 10.6 Å². The highest BCUT2D eigenvalue weighted by Gasteiger charge is 2.27. The van der Waals surface area contributed by atoms with Gasteiger partial charge in [0.1, 0.15) is 5.75 Å². The molecule has 6 heteroatoms.